The number of hydrogen-bond acceptors (Lipinski definition) is 4. The number of aliphatic hydroxyl groups is 1. The summed E-state index contributed by atoms with van der Waals surface area (Å²) in [7, 11) is 0. The fourth-order valence-corrected chi connectivity index (χ4v) is 3.26. The molecule has 0 radical (unpaired) electrons. The smallest absolute Gasteiger partial charge is 0.254 e. The van der Waals surface area contributed by atoms with Gasteiger partial charge in [0.05, 0.1) is 23.9 Å². The molecular formula is C13H15N3O2S. The average molecular weight is 277 g/mol. The van der Waals surface area contributed by atoms with E-state index in [0.717, 1.165) is 17.7 Å². The third-order valence-corrected chi connectivity index (χ3v) is 4.47. The number of carbonyl (C=O) groups is 1. The summed E-state index contributed by atoms with van der Waals surface area (Å²) in [6.07, 6.45) is 4.35. The number of nitrogens with one attached hydrogen (secondary N) is 2. The lowest BCUT2D eigenvalue weighted by Gasteiger charge is -2.37. The van der Waals surface area contributed by atoms with E-state index in [4.69, 9.17) is 0 Å². The molecule has 0 aromatic carbocycles. The van der Waals surface area contributed by atoms with E-state index < -0.39 is 0 Å². The van der Waals surface area contributed by atoms with Crippen LogP contribution in [0.5, 0.6) is 0 Å². The van der Waals surface area contributed by atoms with Crippen molar-refractivity contribution in [2.45, 2.75) is 25.0 Å². The maximum atomic E-state index is 12.1. The van der Waals surface area contributed by atoms with Crippen LogP contribution in [0.3, 0.4) is 0 Å². The van der Waals surface area contributed by atoms with Gasteiger partial charge in [-0.2, -0.15) is 5.10 Å². The van der Waals surface area contributed by atoms with Crippen LogP contribution >= 0.6 is 11.3 Å². The Morgan fingerprint density at radius 3 is 3.00 bits per heavy atom. The molecule has 6 heteroatoms. The summed E-state index contributed by atoms with van der Waals surface area (Å²) in [6.45, 7) is 0. The molecule has 0 bridgehead atoms. The van der Waals surface area contributed by atoms with Gasteiger partial charge in [-0.1, -0.05) is 6.07 Å². The number of amides is 1. The number of aliphatic hydroxyl groups excluding tert-OH is 1. The van der Waals surface area contributed by atoms with Crippen molar-refractivity contribution in [3.05, 3.63) is 40.3 Å². The Labute approximate surface area is 114 Å². The van der Waals surface area contributed by atoms with Crippen molar-refractivity contribution in [2.75, 3.05) is 0 Å². The molecule has 5 nitrogen and oxygen atoms in total. The van der Waals surface area contributed by atoms with E-state index >= 15 is 0 Å². The van der Waals surface area contributed by atoms with Crippen molar-refractivity contribution in [3.63, 3.8) is 0 Å². The van der Waals surface area contributed by atoms with Gasteiger partial charge in [0, 0.05) is 11.1 Å². The van der Waals surface area contributed by atoms with Gasteiger partial charge in [0.2, 0.25) is 0 Å². The Morgan fingerprint density at radius 1 is 1.58 bits per heavy atom. The molecule has 2 aromatic heterocycles. The van der Waals surface area contributed by atoms with Crippen molar-refractivity contribution in [2.24, 2.45) is 5.92 Å². The predicted molar refractivity (Wildman–Crippen MR) is 71.8 cm³/mol. The van der Waals surface area contributed by atoms with Gasteiger partial charge in [-0.05, 0) is 30.2 Å². The maximum Gasteiger partial charge on any atom is 0.254 e. The zero-order valence-electron chi connectivity index (χ0n) is 10.2. The highest BCUT2D eigenvalue weighted by atomic mass is 32.1. The third kappa shape index (κ3) is 2.54. The fourth-order valence-electron chi connectivity index (χ4n) is 2.39. The Morgan fingerprint density at radius 2 is 2.42 bits per heavy atom. The summed E-state index contributed by atoms with van der Waals surface area (Å²) < 4.78 is 0. The number of carbonyl (C=O) groups excluding carboxylic acids is 1. The van der Waals surface area contributed by atoms with Gasteiger partial charge in [0.1, 0.15) is 0 Å². The summed E-state index contributed by atoms with van der Waals surface area (Å²) in [6, 6.07) is 3.98. The molecule has 0 saturated heterocycles. The van der Waals surface area contributed by atoms with Crippen molar-refractivity contribution in [1.82, 2.24) is 15.5 Å². The van der Waals surface area contributed by atoms with Crippen molar-refractivity contribution >= 4 is 17.2 Å². The van der Waals surface area contributed by atoms with Crippen LogP contribution < -0.4 is 5.32 Å². The summed E-state index contributed by atoms with van der Waals surface area (Å²) >= 11 is 1.63. The van der Waals surface area contributed by atoms with Crippen LogP contribution in [0.25, 0.3) is 0 Å². The van der Waals surface area contributed by atoms with Crippen LogP contribution in [-0.2, 0) is 0 Å². The molecule has 2 heterocycles. The van der Waals surface area contributed by atoms with Crippen molar-refractivity contribution in [3.8, 4) is 0 Å². The van der Waals surface area contributed by atoms with Crippen LogP contribution in [-0.4, -0.2) is 27.3 Å². The number of aromatic nitrogens is 2. The molecular weight excluding hydrogens is 262 g/mol. The van der Waals surface area contributed by atoms with Crippen LogP contribution in [0.1, 0.15) is 34.1 Å². The summed E-state index contributed by atoms with van der Waals surface area (Å²) in [5.74, 6) is 0.179. The van der Waals surface area contributed by atoms with Gasteiger partial charge < -0.3 is 10.4 Å². The van der Waals surface area contributed by atoms with Gasteiger partial charge in [-0.15, -0.1) is 11.3 Å². The second-order valence-corrected chi connectivity index (χ2v) is 5.82. The van der Waals surface area contributed by atoms with E-state index in [0.29, 0.717) is 11.5 Å². The molecule has 1 aliphatic carbocycles. The van der Waals surface area contributed by atoms with E-state index in [1.54, 1.807) is 17.5 Å². The zero-order valence-corrected chi connectivity index (χ0v) is 11.1. The minimum absolute atomic E-state index is 0.0224. The molecule has 2 aromatic rings. The van der Waals surface area contributed by atoms with E-state index in [-0.39, 0.29) is 18.1 Å². The first kappa shape index (κ1) is 12.4. The molecule has 3 rings (SSSR count). The van der Waals surface area contributed by atoms with Crippen LogP contribution in [0, 0.1) is 5.92 Å². The topological polar surface area (TPSA) is 78.0 Å². The number of rotatable bonds is 4. The second kappa shape index (κ2) is 5.14. The molecule has 0 spiro atoms. The van der Waals surface area contributed by atoms with Crippen LogP contribution in [0.15, 0.2) is 29.9 Å². The number of aromatic amines is 1. The molecule has 0 aliphatic heterocycles. The Kier molecular flexibility index (Phi) is 3.35. The number of H-pyrrole nitrogens is 1. The first-order valence-corrected chi connectivity index (χ1v) is 7.13. The highest BCUT2D eigenvalue weighted by Crippen LogP contribution is 2.39. The molecule has 1 atom stereocenters. The van der Waals surface area contributed by atoms with Crippen LogP contribution in [0.2, 0.25) is 0 Å². The minimum atomic E-state index is -0.224. The molecule has 1 fully saturated rings. The normalized spacial score (nSPS) is 23.6. The SMILES string of the molecule is O=C(N[C@@H](c1cccs1)C1CC(O)C1)c1cn[nH]c1. The lowest BCUT2D eigenvalue weighted by Crippen LogP contribution is -2.41. The number of hydrogen-bond donors (Lipinski definition) is 3. The quantitative estimate of drug-likeness (QED) is 0.796. The average Bonchev–Trinajstić information content (AvgIpc) is 3.03. The molecule has 3 N–H and O–H groups in total. The zero-order chi connectivity index (χ0) is 13.2. The van der Waals surface area contributed by atoms with E-state index in [9.17, 15) is 9.90 Å². The minimum Gasteiger partial charge on any atom is -0.393 e. The number of nitrogens with zero attached hydrogens (tertiary/aromatic N) is 1. The lowest BCUT2D eigenvalue weighted by molar-refractivity contribution is 0.0241. The van der Waals surface area contributed by atoms with Gasteiger partial charge in [-0.25, -0.2) is 0 Å². The standard InChI is InChI=1S/C13H15N3O2S/c17-10-4-8(5-10)12(11-2-1-3-19-11)16-13(18)9-6-14-15-7-9/h1-3,6-8,10,12,17H,4-5H2,(H,14,15)(H,16,18)/t8?,10?,12-/m1/s1. The van der Waals surface area contributed by atoms with E-state index in [1.165, 1.54) is 6.20 Å². The molecule has 1 aliphatic rings. The van der Waals surface area contributed by atoms with Gasteiger partial charge in [0.15, 0.2) is 0 Å². The first-order chi connectivity index (χ1) is 9.24. The Balaban J connectivity index is 1.74. The fraction of sp³-hybridized carbons (Fsp3) is 0.385. The third-order valence-electron chi connectivity index (χ3n) is 3.52. The molecule has 19 heavy (non-hydrogen) atoms. The largest absolute Gasteiger partial charge is 0.393 e. The van der Waals surface area contributed by atoms with Gasteiger partial charge in [-0.3, -0.25) is 9.89 Å². The Hall–Kier alpha value is -1.66. The molecule has 1 saturated carbocycles. The predicted octanol–water partition coefficient (Wildman–Crippen LogP) is 1.71. The van der Waals surface area contributed by atoms with E-state index in [2.05, 4.69) is 15.5 Å². The van der Waals surface area contributed by atoms with Gasteiger partial charge >= 0.3 is 0 Å². The monoisotopic (exact) mass is 277 g/mol. The summed E-state index contributed by atoms with van der Waals surface area (Å²) in [5.41, 5.74) is 0.529. The summed E-state index contributed by atoms with van der Waals surface area (Å²) in [5, 5.41) is 20.9. The van der Waals surface area contributed by atoms with E-state index in [1.807, 2.05) is 17.5 Å². The maximum absolute atomic E-state index is 12.1. The second-order valence-electron chi connectivity index (χ2n) is 4.84. The van der Waals surface area contributed by atoms with Gasteiger partial charge in [0.25, 0.3) is 5.91 Å². The summed E-state index contributed by atoms with van der Waals surface area (Å²) in [4.78, 5) is 13.2. The first-order valence-electron chi connectivity index (χ1n) is 6.25. The lowest BCUT2D eigenvalue weighted by atomic mass is 9.76. The Bertz CT molecular complexity index is 532. The molecule has 100 valence electrons. The molecule has 0 unspecified atom stereocenters. The van der Waals surface area contributed by atoms with Crippen LogP contribution in [0.4, 0.5) is 0 Å². The molecule has 1 amide bonds. The van der Waals surface area contributed by atoms with Crippen molar-refractivity contribution < 1.29 is 9.90 Å². The van der Waals surface area contributed by atoms with Crippen molar-refractivity contribution in [1.29, 1.82) is 0 Å². The highest BCUT2D eigenvalue weighted by molar-refractivity contribution is 7.10. The number of thiophene rings is 1. The highest BCUT2D eigenvalue weighted by Gasteiger charge is 2.36.